The highest BCUT2D eigenvalue weighted by atomic mass is 35.5. The van der Waals surface area contributed by atoms with Gasteiger partial charge in [-0.05, 0) is 24.6 Å². The number of para-hydroxylation sites is 1. The first-order chi connectivity index (χ1) is 9.74. The van der Waals surface area contributed by atoms with Crippen LogP contribution in [-0.4, -0.2) is 13.2 Å². The zero-order valence-electron chi connectivity index (χ0n) is 10.8. The third-order valence-electron chi connectivity index (χ3n) is 3.42. The number of fused-ring (bicyclic) bond motifs is 1. The van der Waals surface area contributed by atoms with E-state index < -0.39 is 5.82 Å². The Morgan fingerprint density at radius 3 is 2.95 bits per heavy atom. The van der Waals surface area contributed by atoms with E-state index in [0.29, 0.717) is 19.0 Å². The number of ether oxygens (including phenoxy) is 2. The Balaban J connectivity index is 1.71. The molecule has 104 valence electrons. The van der Waals surface area contributed by atoms with Gasteiger partial charge in [-0.2, -0.15) is 0 Å². The van der Waals surface area contributed by atoms with Gasteiger partial charge < -0.3 is 9.47 Å². The first-order valence-corrected chi connectivity index (χ1v) is 6.91. The molecule has 0 radical (unpaired) electrons. The van der Waals surface area contributed by atoms with Crippen LogP contribution >= 0.6 is 11.6 Å². The van der Waals surface area contributed by atoms with Gasteiger partial charge in [-0.25, -0.2) is 4.39 Å². The molecule has 2 nitrogen and oxygen atoms in total. The average molecular weight is 293 g/mol. The molecule has 0 aromatic heterocycles. The van der Waals surface area contributed by atoms with Crippen molar-refractivity contribution in [2.24, 2.45) is 0 Å². The number of hydrogen-bond donors (Lipinski definition) is 0. The zero-order valence-corrected chi connectivity index (χ0v) is 11.6. The molecule has 2 aromatic carbocycles. The summed E-state index contributed by atoms with van der Waals surface area (Å²) >= 11 is 5.65. The number of rotatable bonds is 3. The monoisotopic (exact) mass is 292 g/mol. The van der Waals surface area contributed by atoms with E-state index in [1.807, 2.05) is 24.3 Å². The molecule has 3 rings (SSSR count). The molecule has 0 spiro atoms. The molecule has 2 aromatic rings. The molecule has 4 heteroatoms. The zero-order chi connectivity index (χ0) is 13.9. The van der Waals surface area contributed by atoms with Crippen molar-refractivity contribution in [3.05, 3.63) is 58.9 Å². The summed E-state index contributed by atoms with van der Waals surface area (Å²) < 4.78 is 24.6. The maximum atomic E-state index is 13.4. The second-order valence-corrected chi connectivity index (χ2v) is 5.17. The van der Waals surface area contributed by atoms with E-state index >= 15 is 0 Å². The largest absolute Gasteiger partial charge is 0.493 e. The van der Waals surface area contributed by atoms with Gasteiger partial charge >= 0.3 is 0 Å². The minimum Gasteiger partial charge on any atom is -0.493 e. The second-order valence-electron chi connectivity index (χ2n) is 4.76. The standard InChI is InChI=1S/C16H14ClFO2/c17-14-6-5-12(9-15(14)18)20-10-11-7-8-19-16-4-2-1-3-13(11)16/h1-6,9,11H,7-8,10H2. The fourth-order valence-electron chi connectivity index (χ4n) is 2.35. The lowest BCUT2D eigenvalue weighted by molar-refractivity contribution is 0.217. The van der Waals surface area contributed by atoms with Crippen LogP contribution in [0, 0.1) is 5.82 Å². The summed E-state index contributed by atoms with van der Waals surface area (Å²) in [5.74, 6) is 1.21. The van der Waals surface area contributed by atoms with Crippen molar-refractivity contribution in [2.45, 2.75) is 12.3 Å². The molecular weight excluding hydrogens is 279 g/mol. The van der Waals surface area contributed by atoms with E-state index in [1.165, 1.54) is 12.1 Å². The quantitative estimate of drug-likeness (QED) is 0.833. The number of halogens is 2. The molecule has 0 aliphatic carbocycles. The second kappa shape index (κ2) is 5.71. The normalized spacial score (nSPS) is 17.2. The Kier molecular flexibility index (Phi) is 3.79. The van der Waals surface area contributed by atoms with E-state index in [4.69, 9.17) is 21.1 Å². The van der Waals surface area contributed by atoms with Gasteiger partial charge in [0.1, 0.15) is 17.3 Å². The predicted octanol–water partition coefficient (Wildman–Crippen LogP) is 4.42. The van der Waals surface area contributed by atoms with E-state index in [1.54, 1.807) is 6.07 Å². The lowest BCUT2D eigenvalue weighted by atomic mass is 9.94. The lowest BCUT2D eigenvalue weighted by Crippen LogP contribution is -2.19. The van der Waals surface area contributed by atoms with E-state index in [-0.39, 0.29) is 10.9 Å². The number of hydrogen-bond acceptors (Lipinski definition) is 2. The summed E-state index contributed by atoms with van der Waals surface area (Å²) in [6, 6.07) is 12.4. The summed E-state index contributed by atoms with van der Waals surface area (Å²) in [7, 11) is 0. The Labute approximate surface area is 122 Å². The SMILES string of the molecule is Fc1cc(OCC2CCOc3ccccc32)ccc1Cl. The Morgan fingerprint density at radius 2 is 2.10 bits per heavy atom. The maximum Gasteiger partial charge on any atom is 0.145 e. The van der Waals surface area contributed by atoms with Gasteiger partial charge in [0.2, 0.25) is 0 Å². The van der Waals surface area contributed by atoms with Crippen LogP contribution in [0.25, 0.3) is 0 Å². The van der Waals surface area contributed by atoms with Crippen LogP contribution in [0.3, 0.4) is 0 Å². The third-order valence-corrected chi connectivity index (χ3v) is 3.73. The van der Waals surface area contributed by atoms with Gasteiger partial charge in [0.05, 0.1) is 18.2 Å². The topological polar surface area (TPSA) is 18.5 Å². The van der Waals surface area contributed by atoms with Crippen molar-refractivity contribution < 1.29 is 13.9 Å². The van der Waals surface area contributed by atoms with Gasteiger partial charge in [-0.1, -0.05) is 29.8 Å². The molecule has 1 atom stereocenters. The summed E-state index contributed by atoms with van der Waals surface area (Å²) in [6.45, 7) is 1.18. The average Bonchev–Trinajstić information content (AvgIpc) is 2.48. The molecule has 20 heavy (non-hydrogen) atoms. The minimum absolute atomic E-state index is 0.105. The predicted molar refractivity (Wildman–Crippen MR) is 76.2 cm³/mol. The van der Waals surface area contributed by atoms with Crippen LogP contribution in [0.4, 0.5) is 4.39 Å². The third kappa shape index (κ3) is 2.73. The molecule has 0 amide bonds. The fourth-order valence-corrected chi connectivity index (χ4v) is 2.47. The van der Waals surface area contributed by atoms with Gasteiger partial charge in [0.15, 0.2) is 0 Å². The van der Waals surface area contributed by atoms with E-state index in [9.17, 15) is 4.39 Å². The van der Waals surface area contributed by atoms with Crippen molar-refractivity contribution in [3.8, 4) is 11.5 Å². The first kappa shape index (κ1) is 13.3. The van der Waals surface area contributed by atoms with E-state index in [0.717, 1.165) is 17.7 Å². The summed E-state index contributed by atoms with van der Waals surface area (Å²) in [5.41, 5.74) is 1.15. The molecule has 1 heterocycles. The van der Waals surface area contributed by atoms with Gasteiger partial charge in [0.25, 0.3) is 0 Å². The summed E-state index contributed by atoms with van der Waals surface area (Å²) in [5, 5.41) is 0.105. The first-order valence-electron chi connectivity index (χ1n) is 6.53. The Hall–Kier alpha value is -1.74. The molecule has 0 N–H and O–H groups in total. The van der Waals surface area contributed by atoms with Crippen LogP contribution in [-0.2, 0) is 0 Å². The minimum atomic E-state index is -0.462. The fraction of sp³-hybridized carbons (Fsp3) is 0.250. The molecule has 1 aliphatic heterocycles. The van der Waals surface area contributed by atoms with Crippen molar-refractivity contribution in [3.63, 3.8) is 0 Å². The van der Waals surface area contributed by atoms with Crippen molar-refractivity contribution in [1.82, 2.24) is 0 Å². The van der Waals surface area contributed by atoms with Gasteiger partial charge in [0, 0.05) is 17.5 Å². The molecule has 1 aliphatic rings. The molecule has 0 saturated carbocycles. The van der Waals surface area contributed by atoms with Gasteiger partial charge in [-0.3, -0.25) is 0 Å². The lowest BCUT2D eigenvalue weighted by Gasteiger charge is -2.25. The van der Waals surface area contributed by atoms with Crippen molar-refractivity contribution >= 4 is 11.6 Å². The van der Waals surface area contributed by atoms with Crippen LogP contribution < -0.4 is 9.47 Å². The summed E-state index contributed by atoms with van der Waals surface area (Å²) in [6.07, 6.45) is 0.896. The van der Waals surface area contributed by atoms with E-state index in [2.05, 4.69) is 0 Å². The summed E-state index contributed by atoms with van der Waals surface area (Å²) in [4.78, 5) is 0. The molecule has 0 fully saturated rings. The van der Waals surface area contributed by atoms with Crippen LogP contribution in [0.15, 0.2) is 42.5 Å². The highest BCUT2D eigenvalue weighted by Crippen LogP contribution is 2.33. The molecular formula is C16H14ClFO2. The number of benzene rings is 2. The van der Waals surface area contributed by atoms with Gasteiger partial charge in [-0.15, -0.1) is 0 Å². The van der Waals surface area contributed by atoms with Crippen LogP contribution in [0.1, 0.15) is 17.9 Å². The molecule has 1 unspecified atom stereocenters. The smallest absolute Gasteiger partial charge is 0.145 e. The Morgan fingerprint density at radius 1 is 1.25 bits per heavy atom. The van der Waals surface area contributed by atoms with Crippen molar-refractivity contribution in [2.75, 3.05) is 13.2 Å². The van der Waals surface area contributed by atoms with Crippen LogP contribution in [0.5, 0.6) is 11.5 Å². The maximum absolute atomic E-state index is 13.4. The Bertz CT molecular complexity index is 615. The van der Waals surface area contributed by atoms with Crippen LogP contribution in [0.2, 0.25) is 5.02 Å². The molecule has 0 saturated heterocycles. The highest BCUT2D eigenvalue weighted by Gasteiger charge is 2.21. The highest BCUT2D eigenvalue weighted by molar-refractivity contribution is 6.30. The molecule has 0 bridgehead atoms. The van der Waals surface area contributed by atoms with Crippen molar-refractivity contribution in [1.29, 1.82) is 0 Å².